The van der Waals surface area contributed by atoms with Crippen molar-refractivity contribution in [2.75, 3.05) is 22.9 Å². The van der Waals surface area contributed by atoms with Crippen LogP contribution in [0.5, 0.6) is 0 Å². The second kappa shape index (κ2) is 19.2. The Morgan fingerprint density at radius 1 is 0.638 bits per heavy atom. The number of hydrogen-bond acceptors (Lipinski definition) is 14. The molecule has 2 aliphatic rings. The Morgan fingerprint density at radius 2 is 1.07 bits per heavy atom. The predicted octanol–water partition coefficient (Wildman–Crippen LogP) is 3.41. The molecule has 2 heterocycles. The van der Waals surface area contributed by atoms with E-state index in [-0.39, 0.29) is 78.5 Å². The van der Waals surface area contributed by atoms with Gasteiger partial charge < -0.3 is 11.2 Å². The van der Waals surface area contributed by atoms with Gasteiger partial charge in [0.1, 0.15) is 9.79 Å². The van der Waals surface area contributed by atoms with Crippen LogP contribution in [0.25, 0.3) is 21.5 Å². The molecule has 6 N–H and O–H groups in total. The van der Waals surface area contributed by atoms with Crippen molar-refractivity contribution < 1.29 is 109 Å². The zero-order valence-corrected chi connectivity index (χ0v) is 46.3. The first-order valence-corrected chi connectivity index (χ1v) is 29.7. The maximum atomic E-state index is 12.6. The molecule has 2 aliphatic heterocycles. The van der Waals surface area contributed by atoms with Gasteiger partial charge in [0.25, 0.3) is 60.7 Å². The van der Waals surface area contributed by atoms with E-state index in [4.69, 9.17) is 0 Å². The minimum Gasteiger partial charge on any atom is -1.00 e. The van der Waals surface area contributed by atoms with Gasteiger partial charge in [-0.3, -0.25) is 27.3 Å². The van der Waals surface area contributed by atoms with Crippen LogP contribution in [0.15, 0.2) is 103 Å². The largest absolute Gasteiger partial charge is 1.00 e. The number of nitrogens with zero attached hydrogens (tertiary/aromatic N) is 2. The fourth-order valence-electron chi connectivity index (χ4n) is 9.00. The van der Waals surface area contributed by atoms with E-state index >= 15 is 0 Å². The number of fused-ring (bicyclic) bond motifs is 6. The third-order valence-electron chi connectivity index (χ3n) is 12.5. The van der Waals surface area contributed by atoms with Crippen molar-refractivity contribution in [1.82, 2.24) is 0 Å². The summed E-state index contributed by atoms with van der Waals surface area (Å²) >= 11 is 3.55. The van der Waals surface area contributed by atoms with Gasteiger partial charge in [-0.2, -0.15) is 50.5 Å². The summed E-state index contributed by atoms with van der Waals surface area (Å²) in [4.78, 5) is 0.196. The SMILES string of the molecule is CC(CCN1/C(=C/C=C(Br)/C=C/C2N(CCC(C)S(=O)(=O)O)c3ccc4c(S(=O)(=O)O)cc(S(=O)(=O)O)cc4c3C2(C)C)C(C)(C)c2c1ccc1c(S(=O)(=O)O)cc(S(=O)(=O)O)cc21)S(=O)(=O)O.[H-].[Na+]. The summed E-state index contributed by atoms with van der Waals surface area (Å²) in [5, 5.41) is -2.62. The van der Waals surface area contributed by atoms with Crippen molar-refractivity contribution in [2.24, 2.45) is 0 Å². The summed E-state index contributed by atoms with van der Waals surface area (Å²) in [6, 6.07) is 8.28. The van der Waals surface area contributed by atoms with Crippen LogP contribution in [-0.4, -0.2) is 107 Å². The molecule has 0 saturated carbocycles. The third-order valence-corrected chi connectivity index (χ3v) is 19.0. The first kappa shape index (κ1) is 57.1. The average molecular weight is 1150 g/mol. The Bertz CT molecular complexity index is 3600. The number of rotatable bonds is 15. The molecule has 0 radical (unpaired) electrons. The van der Waals surface area contributed by atoms with E-state index in [9.17, 15) is 77.8 Å². The van der Waals surface area contributed by atoms with E-state index in [1.54, 1.807) is 61.8 Å². The third kappa shape index (κ3) is 11.4. The molecule has 20 nitrogen and oxygen atoms in total. The van der Waals surface area contributed by atoms with Crippen molar-refractivity contribution in [3.05, 3.63) is 94.1 Å². The topological polar surface area (TPSA) is 333 Å². The normalized spacial score (nSPS) is 19.3. The van der Waals surface area contributed by atoms with Gasteiger partial charge in [0.05, 0.1) is 26.3 Å². The monoisotopic (exact) mass is 1150 g/mol. The van der Waals surface area contributed by atoms with Crippen molar-refractivity contribution in [2.45, 2.75) is 101 Å². The first-order chi connectivity index (χ1) is 30.8. The number of hydrogen-bond donors (Lipinski definition) is 6. The average Bonchev–Trinajstić information content (AvgIpc) is 3.54. The minimum atomic E-state index is -5.07. The molecule has 0 aliphatic carbocycles. The van der Waals surface area contributed by atoms with E-state index in [1.807, 2.05) is 0 Å². The molecule has 0 fully saturated rings. The second-order valence-electron chi connectivity index (χ2n) is 17.7. The van der Waals surface area contributed by atoms with E-state index in [2.05, 4.69) is 15.9 Å². The molecule has 69 heavy (non-hydrogen) atoms. The van der Waals surface area contributed by atoms with E-state index < -0.39 is 108 Å². The molecule has 0 aromatic heterocycles. The van der Waals surface area contributed by atoms with Gasteiger partial charge in [-0.15, -0.1) is 0 Å². The molecule has 4 aromatic carbocycles. The summed E-state index contributed by atoms with van der Waals surface area (Å²) in [6.07, 6.45) is 6.31. The van der Waals surface area contributed by atoms with Crippen LogP contribution in [0.4, 0.5) is 11.4 Å². The molecule has 0 bridgehead atoms. The van der Waals surface area contributed by atoms with Crippen LogP contribution in [0.1, 0.15) is 66.9 Å². The quantitative estimate of drug-likeness (QED) is 0.0564. The van der Waals surface area contributed by atoms with Crippen molar-refractivity contribution in [3.8, 4) is 0 Å². The van der Waals surface area contributed by atoms with Gasteiger partial charge in [0.2, 0.25) is 0 Å². The first-order valence-electron chi connectivity index (χ1n) is 20.1. The van der Waals surface area contributed by atoms with Gasteiger partial charge in [-0.25, -0.2) is 0 Å². The Hall–Kier alpha value is -2.84. The van der Waals surface area contributed by atoms with E-state index in [0.717, 1.165) is 12.1 Å². The fraction of sp³-hybridized carbons (Fsp3) is 0.366. The summed E-state index contributed by atoms with van der Waals surface area (Å²) in [7, 11) is -29.2. The number of benzene rings is 4. The van der Waals surface area contributed by atoms with Crippen molar-refractivity contribution >= 4 is 110 Å². The summed E-state index contributed by atoms with van der Waals surface area (Å²) in [5.74, 6) is 0. The Morgan fingerprint density at radius 3 is 1.51 bits per heavy atom. The summed E-state index contributed by atoms with van der Waals surface area (Å²) in [6.45, 7) is 9.41. The molecule has 3 atom stereocenters. The van der Waals surface area contributed by atoms with Gasteiger partial charge in [-0.05, 0) is 103 Å². The smallest absolute Gasteiger partial charge is 1.00 e. The fourth-order valence-corrected chi connectivity index (χ4v) is 12.8. The molecule has 3 unspecified atom stereocenters. The molecule has 0 saturated heterocycles. The molecular weight excluding hydrogens is 1100 g/mol. The predicted molar refractivity (Wildman–Crippen MR) is 258 cm³/mol. The summed E-state index contributed by atoms with van der Waals surface area (Å²) < 4.78 is 209. The van der Waals surface area contributed by atoms with E-state index in [1.165, 1.54) is 38.1 Å². The van der Waals surface area contributed by atoms with Crippen LogP contribution < -0.4 is 39.4 Å². The molecule has 28 heteroatoms. The Labute approximate surface area is 432 Å². The summed E-state index contributed by atoms with van der Waals surface area (Å²) in [5.41, 5.74) is -0.351. The maximum absolute atomic E-state index is 12.6. The van der Waals surface area contributed by atoms with Crippen LogP contribution in [0.3, 0.4) is 0 Å². The van der Waals surface area contributed by atoms with Gasteiger partial charge in [0, 0.05) is 56.2 Å². The maximum Gasteiger partial charge on any atom is 1.00 e. The molecule has 4 aromatic rings. The molecule has 0 spiro atoms. The van der Waals surface area contributed by atoms with Gasteiger partial charge in [-0.1, -0.05) is 61.8 Å². The zero-order valence-electron chi connectivity index (χ0n) is 38.8. The standard InChI is InChI=1S/C41H47BrN2O18S6.Na.H/c1-23(63(45,46)47)15-17-43-32-11-9-28-30(19-26(65(51,52)53)21-34(28)67(57,58)59)38(32)40(3,4)36(43)13-7-25(42)8-14-37-41(5,6)39-31-20-27(66(54,55)56)22-35(68(60,61)62)29(31)10-12-33(39)44(37)18-16-24(2)64(48,49)50;;/h7-14,19-24,36H,15-18H2,1-6H3,(H,45,46,47)(H,48,49,50)(H,51,52,53)(H,54,55,56)(H,57,58,59)(H,60,61,62);;/q;+1;-1/b13-7+,25-8-,37-14+;;. The van der Waals surface area contributed by atoms with Crippen LogP contribution in [0, 0.1) is 0 Å². The zero-order chi connectivity index (χ0) is 51.3. The molecule has 374 valence electrons. The second-order valence-corrected chi connectivity index (χ2v) is 27.9. The molecule has 6 rings (SSSR count). The molecular formula is C41H48BrN2NaO18S6. The van der Waals surface area contributed by atoms with Gasteiger partial charge >= 0.3 is 29.6 Å². The van der Waals surface area contributed by atoms with Crippen LogP contribution in [0.2, 0.25) is 0 Å². The number of anilines is 2. The van der Waals surface area contributed by atoms with Crippen LogP contribution >= 0.6 is 15.9 Å². The Balaban J connectivity index is 0.00000533. The number of allylic oxidation sites excluding steroid dienone is 5. The molecule has 0 amide bonds. The Kier molecular flexibility index (Phi) is 15.9. The van der Waals surface area contributed by atoms with Crippen molar-refractivity contribution in [1.29, 1.82) is 0 Å². The minimum absolute atomic E-state index is 0. The van der Waals surface area contributed by atoms with Crippen molar-refractivity contribution in [3.63, 3.8) is 0 Å². The van der Waals surface area contributed by atoms with E-state index in [0.29, 0.717) is 44.8 Å². The van der Waals surface area contributed by atoms with Gasteiger partial charge in [0.15, 0.2) is 0 Å². The number of halogens is 1. The van der Waals surface area contributed by atoms with Crippen LogP contribution in [-0.2, 0) is 71.5 Å².